The molecule has 0 aliphatic heterocycles. The van der Waals surface area contributed by atoms with Gasteiger partial charge in [0.05, 0.1) is 6.54 Å². The molecule has 0 aromatic heterocycles. The molecule has 0 aliphatic carbocycles. The molecule has 0 saturated carbocycles. The van der Waals surface area contributed by atoms with Gasteiger partial charge in [-0.1, -0.05) is 43.9 Å². The molecule has 18 heavy (non-hydrogen) atoms. The lowest BCUT2D eigenvalue weighted by molar-refractivity contribution is 0.331. The van der Waals surface area contributed by atoms with E-state index in [1.165, 1.54) is 0 Å². The van der Waals surface area contributed by atoms with Crippen LogP contribution in [0.2, 0.25) is 0 Å². The number of nitrogens with two attached hydrogens (primary N) is 1. The zero-order valence-electron chi connectivity index (χ0n) is 11.7. The lowest BCUT2D eigenvalue weighted by atomic mass is 10.0. The molecule has 0 saturated heterocycles. The highest BCUT2D eigenvalue weighted by Crippen LogP contribution is 2.03. The fraction of sp³-hybridized carbons (Fsp3) is 0.500. The van der Waals surface area contributed by atoms with Crippen molar-refractivity contribution in [1.29, 1.82) is 0 Å². The van der Waals surface area contributed by atoms with Gasteiger partial charge in [-0.25, -0.2) is 0 Å². The van der Waals surface area contributed by atoms with Gasteiger partial charge in [0.1, 0.15) is 0 Å². The van der Waals surface area contributed by atoms with Gasteiger partial charge in [-0.3, -0.25) is 4.90 Å². The molecule has 1 aromatic rings. The summed E-state index contributed by atoms with van der Waals surface area (Å²) in [5.74, 6) is 6.90. The fourth-order valence-corrected chi connectivity index (χ4v) is 1.58. The Kier molecular flexibility index (Phi) is 6.49. The average Bonchev–Trinajstić information content (AvgIpc) is 2.37. The quantitative estimate of drug-likeness (QED) is 0.806. The third kappa shape index (κ3) is 5.86. The standard InChI is InChI=1S/C16H24N2/c1-14(2)16(17)11-13-18(3)12-7-10-15-8-5-4-6-9-15/h4-6,8-9,14,16H,11-13,17H2,1-3H3. The molecule has 1 rings (SSSR count). The zero-order chi connectivity index (χ0) is 13.4. The molecule has 0 fully saturated rings. The van der Waals surface area contributed by atoms with E-state index < -0.39 is 0 Å². The van der Waals surface area contributed by atoms with Crippen LogP contribution >= 0.6 is 0 Å². The highest BCUT2D eigenvalue weighted by Gasteiger charge is 2.07. The van der Waals surface area contributed by atoms with Crippen LogP contribution in [0.4, 0.5) is 0 Å². The van der Waals surface area contributed by atoms with E-state index in [1.54, 1.807) is 0 Å². The first kappa shape index (κ1) is 14.8. The van der Waals surface area contributed by atoms with Crippen LogP contribution in [-0.2, 0) is 0 Å². The van der Waals surface area contributed by atoms with Crippen molar-refractivity contribution in [2.45, 2.75) is 26.3 Å². The summed E-state index contributed by atoms with van der Waals surface area (Å²) in [6.07, 6.45) is 1.03. The molecule has 98 valence electrons. The van der Waals surface area contributed by atoms with E-state index in [4.69, 9.17) is 5.73 Å². The van der Waals surface area contributed by atoms with Gasteiger partial charge < -0.3 is 5.73 Å². The van der Waals surface area contributed by atoms with E-state index in [1.807, 2.05) is 30.3 Å². The Balaban J connectivity index is 2.29. The Morgan fingerprint density at radius 1 is 1.22 bits per heavy atom. The van der Waals surface area contributed by atoms with Crippen LogP contribution in [-0.4, -0.2) is 31.1 Å². The summed E-state index contributed by atoms with van der Waals surface area (Å²) >= 11 is 0. The van der Waals surface area contributed by atoms with Crippen LogP contribution < -0.4 is 5.73 Å². The zero-order valence-corrected chi connectivity index (χ0v) is 11.7. The smallest absolute Gasteiger partial charge is 0.0602 e. The minimum Gasteiger partial charge on any atom is -0.327 e. The first-order chi connectivity index (χ1) is 8.59. The largest absolute Gasteiger partial charge is 0.327 e. The number of benzene rings is 1. The summed E-state index contributed by atoms with van der Waals surface area (Å²) in [7, 11) is 2.09. The monoisotopic (exact) mass is 244 g/mol. The average molecular weight is 244 g/mol. The van der Waals surface area contributed by atoms with Crippen molar-refractivity contribution in [1.82, 2.24) is 4.90 Å². The fourth-order valence-electron chi connectivity index (χ4n) is 1.58. The number of hydrogen-bond acceptors (Lipinski definition) is 2. The second kappa shape index (κ2) is 7.92. The highest BCUT2D eigenvalue weighted by molar-refractivity contribution is 5.33. The van der Waals surface area contributed by atoms with Crippen molar-refractivity contribution in [3.05, 3.63) is 35.9 Å². The molecule has 1 unspecified atom stereocenters. The summed E-state index contributed by atoms with van der Waals surface area (Å²) in [4.78, 5) is 2.22. The Labute approximate surface area is 111 Å². The normalized spacial score (nSPS) is 12.3. The Morgan fingerprint density at radius 3 is 2.50 bits per heavy atom. The van der Waals surface area contributed by atoms with Crippen LogP contribution in [0.25, 0.3) is 0 Å². The van der Waals surface area contributed by atoms with E-state index in [0.29, 0.717) is 5.92 Å². The molecular formula is C16H24N2. The Bertz CT molecular complexity index is 387. The van der Waals surface area contributed by atoms with Gasteiger partial charge in [-0.05, 0) is 31.5 Å². The van der Waals surface area contributed by atoms with Crippen molar-refractivity contribution in [3.8, 4) is 11.8 Å². The van der Waals surface area contributed by atoms with E-state index in [-0.39, 0.29) is 6.04 Å². The van der Waals surface area contributed by atoms with E-state index >= 15 is 0 Å². The van der Waals surface area contributed by atoms with Crippen molar-refractivity contribution in [3.63, 3.8) is 0 Å². The summed E-state index contributed by atoms with van der Waals surface area (Å²) in [6, 6.07) is 10.4. The lowest BCUT2D eigenvalue weighted by Crippen LogP contribution is -2.32. The van der Waals surface area contributed by atoms with Crippen LogP contribution in [0.1, 0.15) is 25.8 Å². The molecular weight excluding hydrogens is 220 g/mol. The molecule has 2 nitrogen and oxygen atoms in total. The predicted molar refractivity (Wildman–Crippen MR) is 78.2 cm³/mol. The molecule has 0 heterocycles. The summed E-state index contributed by atoms with van der Waals surface area (Å²) in [6.45, 7) is 6.13. The SMILES string of the molecule is CC(C)C(N)CCN(C)CC#Cc1ccccc1. The molecule has 0 amide bonds. The number of rotatable bonds is 5. The van der Waals surface area contributed by atoms with Crippen LogP contribution in [0.3, 0.4) is 0 Å². The third-order valence-electron chi connectivity index (χ3n) is 3.06. The van der Waals surface area contributed by atoms with E-state index in [0.717, 1.165) is 25.1 Å². The van der Waals surface area contributed by atoms with Gasteiger partial charge in [0.25, 0.3) is 0 Å². The minimum atomic E-state index is 0.287. The van der Waals surface area contributed by atoms with Gasteiger partial charge >= 0.3 is 0 Å². The highest BCUT2D eigenvalue weighted by atomic mass is 15.1. The van der Waals surface area contributed by atoms with Gasteiger partial charge in [0.15, 0.2) is 0 Å². The maximum absolute atomic E-state index is 6.02. The summed E-state index contributed by atoms with van der Waals surface area (Å²) in [5.41, 5.74) is 7.10. The van der Waals surface area contributed by atoms with Crippen LogP contribution in [0, 0.1) is 17.8 Å². The van der Waals surface area contributed by atoms with Gasteiger partial charge in [-0.2, -0.15) is 0 Å². The lowest BCUT2D eigenvalue weighted by Gasteiger charge is -2.19. The Hall–Kier alpha value is -1.30. The Morgan fingerprint density at radius 2 is 1.89 bits per heavy atom. The summed E-state index contributed by atoms with van der Waals surface area (Å²) in [5, 5.41) is 0. The maximum Gasteiger partial charge on any atom is 0.0602 e. The van der Waals surface area contributed by atoms with Crippen molar-refractivity contribution < 1.29 is 0 Å². The second-order valence-electron chi connectivity index (χ2n) is 5.10. The summed E-state index contributed by atoms with van der Waals surface area (Å²) < 4.78 is 0. The molecule has 1 aromatic carbocycles. The molecule has 2 N–H and O–H groups in total. The second-order valence-corrected chi connectivity index (χ2v) is 5.10. The molecule has 2 heteroatoms. The number of nitrogens with zero attached hydrogens (tertiary/aromatic N) is 1. The van der Waals surface area contributed by atoms with E-state index in [9.17, 15) is 0 Å². The van der Waals surface area contributed by atoms with Gasteiger partial charge in [0.2, 0.25) is 0 Å². The van der Waals surface area contributed by atoms with Crippen LogP contribution in [0.15, 0.2) is 30.3 Å². The van der Waals surface area contributed by atoms with Crippen molar-refractivity contribution >= 4 is 0 Å². The number of hydrogen-bond donors (Lipinski definition) is 1. The topological polar surface area (TPSA) is 29.3 Å². The minimum absolute atomic E-state index is 0.287. The van der Waals surface area contributed by atoms with Gasteiger partial charge in [0, 0.05) is 18.2 Å². The molecule has 1 atom stereocenters. The van der Waals surface area contributed by atoms with Crippen molar-refractivity contribution in [2.75, 3.05) is 20.1 Å². The molecule has 0 radical (unpaired) electrons. The third-order valence-corrected chi connectivity index (χ3v) is 3.06. The molecule has 0 aliphatic rings. The first-order valence-electron chi connectivity index (χ1n) is 6.57. The molecule has 0 spiro atoms. The van der Waals surface area contributed by atoms with E-state index in [2.05, 4.69) is 37.6 Å². The van der Waals surface area contributed by atoms with Crippen LogP contribution in [0.5, 0.6) is 0 Å². The van der Waals surface area contributed by atoms with Crippen molar-refractivity contribution in [2.24, 2.45) is 11.7 Å². The van der Waals surface area contributed by atoms with Gasteiger partial charge in [-0.15, -0.1) is 0 Å². The first-order valence-corrected chi connectivity index (χ1v) is 6.57. The predicted octanol–water partition coefficient (Wildman–Crippen LogP) is 2.34. The maximum atomic E-state index is 6.02. The molecule has 0 bridgehead atoms.